The van der Waals surface area contributed by atoms with Gasteiger partial charge < -0.3 is 4.90 Å². The highest BCUT2D eigenvalue weighted by atomic mass is 32.2. The third-order valence-corrected chi connectivity index (χ3v) is 9.72. The van der Waals surface area contributed by atoms with Gasteiger partial charge in [-0.2, -0.15) is 8.42 Å². The number of nitrogens with zero attached hydrogens (tertiary/aromatic N) is 2. The van der Waals surface area contributed by atoms with Crippen molar-refractivity contribution in [2.24, 2.45) is 0 Å². The van der Waals surface area contributed by atoms with Crippen molar-refractivity contribution in [1.29, 1.82) is 0 Å². The zero-order chi connectivity index (χ0) is 23.8. The summed E-state index contributed by atoms with van der Waals surface area (Å²) in [6.07, 6.45) is 6.58. The van der Waals surface area contributed by atoms with Crippen LogP contribution in [0.4, 0.5) is 0 Å². The molecule has 1 fully saturated rings. The lowest BCUT2D eigenvalue weighted by Gasteiger charge is -2.21. The molecule has 0 spiro atoms. The van der Waals surface area contributed by atoms with Crippen LogP contribution in [0.2, 0.25) is 0 Å². The monoisotopic (exact) mass is 522 g/mol. The van der Waals surface area contributed by atoms with Gasteiger partial charge in [0.25, 0.3) is 15.7 Å². The maximum Gasteiger partial charge on any atom is 0.283 e. The molecular formula is C23H26N2O4S4. The van der Waals surface area contributed by atoms with E-state index in [-0.39, 0.29) is 11.6 Å². The minimum absolute atomic E-state index is 0.0171. The minimum Gasteiger partial charge on any atom is -0.347 e. The predicted octanol–water partition coefficient (Wildman–Crippen LogP) is 3.44. The Morgan fingerprint density at radius 2 is 1.94 bits per heavy atom. The van der Waals surface area contributed by atoms with Gasteiger partial charge in [-0.15, -0.1) is 34.4 Å². The number of aryl methyl sites for hydroxylation is 1. The summed E-state index contributed by atoms with van der Waals surface area (Å²) < 4.78 is 36.6. The Kier molecular flexibility index (Phi) is 7.20. The molecule has 0 bridgehead atoms. The quantitative estimate of drug-likeness (QED) is 0.500. The number of benzene rings is 1. The van der Waals surface area contributed by atoms with Gasteiger partial charge in [-0.1, -0.05) is 25.1 Å². The van der Waals surface area contributed by atoms with Gasteiger partial charge in [0.05, 0.1) is 14.2 Å². The number of thiophene rings is 1. The van der Waals surface area contributed by atoms with Crippen molar-refractivity contribution in [3.8, 4) is 0 Å². The summed E-state index contributed by atoms with van der Waals surface area (Å²) in [5.74, 6) is 0.277. The van der Waals surface area contributed by atoms with E-state index in [1.54, 1.807) is 33.0 Å². The summed E-state index contributed by atoms with van der Waals surface area (Å²) in [7, 11) is -4.13. The fourth-order valence-corrected chi connectivity index (χ4v) is 8.28. The number of aromatic nitrogens is 1. The number of thiazole rings is 1. The first kappa shape index (κ1) is 24.3. The normalized spacial score (nSPS) is 19.5. The highest BCUT2D eigenvalue weighted by Crippen LogP contribution is 2.33. The lowest BCUT2D eigenvalue weighted by atomic mass is 10.1. The Labute approximate surface area is 205 Å². The molecule has 1 saturated heterocycles. The van der Waals surface area contributed by atoms with Crippen molar-refractivity contribution in [1.82, 2.24) is 9.47 Å². The van der Waals surface area contributed by atoms with Crippen molar-refractivity contribution in [3.05, 3.63) is 65.4 Å². The number of allylic oxidation sites excluding steroid dienone is 1. The maximum atomic E-state index is 13.1. The SMILES string of the molecule is CCc1c(C=c2s/c(=C\C=C3\SCC(C)N3CS(=O)(=O)O)c(=O)n2CC)sc2ccccc12. The largest absolute Gasteiger partial charge is 0.347 e. The number of hydrogen-bond acceptors (Lipinski definition) is 7. The molecule has 1 N–H and O–H groups in total. The van der Waals surface area contributed by atoms with Gasteiger partial charge >= 0.3 is 0 Å². The van der Waals surface area contributed by atoms with E-state index in [0.29, 0.717) is 11.1 Å². The fraction of sp³-hybridized carbons (Fsp3) is 0.348. The van der Waals surface area contributed by atoms with Gasteiger partial charge in [0.2, 0.25) is 0 Å². The van der Waals surface area contributed by atoms with Gasteiger partial charge in [0.15, 0.2) is 0 Å². The molecule has 0 amide bonds. The molecule has 3 heterocycles. The van der Waals surface area contributed by atoms with Crippen LogP contribution in [0.3, 0.4) is 0 Å². The molecule has 176 valence electrons. The van der Waals surface area contributed by atoms with Gasteiger partial charge in [0, 0.05) is 27.9 Å². The summed E-state index contributed by atoms with van der Waals surface area (Å²) in [5.41, 5.74) is 1.24. The van der Waals surface area contributed by atoms with Crippen LogP contribution in [0.25, 0.3) is 22.2 Å². The summed E-state index contributed by atoms with van der Waals surface area (Å²) in [4.78, 5) is 15.9. The van der Waals surface area contributed by atoms with Crippen molar-refractivity contribution >= 4 is 66.8 Å². The van der Waals surface area contributed by atoms with Crippen LogP contribution in [0.1, 0.15) is 31.2 Å². The second-order valence-corrected chi connectivity index (χ2v) is 12.4. The highest BCUT2D eigenvalue weighted by Gasteiger charge is 2.28. The molecule has 1 aliphatic heterocycles. The van der Waals surface area contributed by atoms with E-state index in [4.69, 9.17) is 0 Å². The molecule has 0 radical (unpaired) electrons. The third kappa shape index (κ3) is 5.14. The van der Waals surface area contributed by atoms with Crippen LogP contribution in [0.5, 0.6) is 0 Å². The molecule has 1 unspecified atom stereocenters. The second-order valence-electron chi connectivity index (χ2n) is 7.81. The molecule has 10 heteroatoms. The van der Waals surface area contributed by atoms with Gasteiger partial charge in [-0.3, -0.25) is 13.9 Å². The molecular weight excluding hydrogens is 497 g/mol. The first-order valence-corrected chi connectivity index (χ1v) is 14.9. The summed E-state index contributed by atoms with van der Waals surface area (Å²) in [6, 6.07) is 8.35. The molecule has 0 aliphatic carbocycles. The first-order chi connectivity index (χ1) is 15.7. The Balaban J connectivity index is 1.79. The van der Waals surface area contributed by atoms with Crippen molar-refractivity contribution in [3.63, 3.8) is 0 Å². The van der Waals surface area contributed by atoms with Crippen LogP contribution in [-0.4, -0.2) is 40.1 Å². The van der Waals surface area contributed by atoms with Crippen molar-refractivity contribution in [2.45, 2.75) is 39.8 Å². The second kappa shape index (κ2) is 9.79. The van der Waals surface area contributed by atoms with E-state index >= 15 is 0 Å². The Bertz CT molecular complexity index is 1500. The molecule has 33 heavy (non-hydrogen) atoms. The zero-order valence-electron chi connectivity index (χ0n) is 18.6. The number of rotatable bonds is 6. The van der Waals surface area contributed by atoms with Gasteiger partial charge in [-0.05, 0) is 55.5 Å². The molecule has 4 rings (SSSR count). The Morgan fingerprint density at radius 3 is 2.64 bits per heavy atom. The smallest absolute Gasteiger partial charge is 0.283 e. The average molecular weight is 523 g/mol. The summed E-state index contributed by atoms with van der Waals surface area (Å²) in [5, 5.41) is 2.00. The first-order valence-electron chi connectivity index (χ1n) is 10.7. The van der Waals surface area contributed by atoms with E-state index < -0.39 is 16.0 Å². The summed E-state index contributed by atoms with van der Waals surface area (Å²) >= 11 is 4.70. The van der Waals surface area contributed by atoms with Gasteiger partial charge in [-0.25, -0.2) is 0 Å². The number of hydrogen-bond donors (Lipinski definition) is 1. The number of thioether (sulfide) groups is 1. The van der Waals surface area contributed by atoms with E-state index in [9.17, 15) is 17.8 Å². The van der Waals surface area contributed by atoms with Crippen molar-refractivity contribution < 1.29 is 13.0 Å². The van der Waals surface area contributed by atoms with E-state index in [1.807, 2.05) is 19.9 Å². The lowest BCUT2D eigenvalue weighted by molar-refractivity contribution is 0.347. The highest BCUT2D eigenvalue weighted by molar-refractivity contribution is 8.03. The molecule has 1 aromatic carbocycles. The van der Waals surface area contributed by atoms with Crippen LogP contribution < -0.4 is 14.8 Å². The maximum absolute atomic E-state index is 13.1. The lowest BCUT2D eigenvalue weighted by Crippen LogP contribution is -2.32. The van der Waals surface area contributed by atoms with Crippen LogP contribution in [0, 0.1) is 0 Å². The fourth-order valence-electron chi connectivity index (χ4n) is 3.92. The molecule has 3 aromatic rings. The topological polar surface area (TPSA) is 79.6 Å². The Morgan fingerprint density at radius 1 is 1.18 bits per heavy atom. The summed E-state index contributed by atoms with van der Waals surface area (Å²) in [6.45, 7) is 6.59. The number of fused-ring (bicyclic) bond motifs is 1. The molecule has 1 atom stereocenters. The van der Waals surface area contributed by atoms with Crippen LogP contribution >= 0.6 is 34.4 Å². The van der Waals surface area contributed by atoms with Crippen molar-refractivity contribution in [2.75, 3.05) is 11.6 Å². The standard InChI is InChI=1S/C23H26N2O4S4/c1-4-16-17-8-6-7-9-18(17)31-20(16)12-22-24(5-2)23(26)19(32-22)10-11-21-25(14-33(27,28)29)15(3)13-30-21/h6-12,15H,4-5,13-14H2,1-3H3,(H,27,28,29)/b19-10-,21-11+,22-12?. The van der Waals surface area contributed by atoms with Crippen LogP contribution in [0.15, 0.2) is 40.2 Å². The predicted molar refractivity (Wildman–Crippen MR) is 141 cm³/mol. The van der Waals surface area contributed by atoms with E-state index in [1.165, 1.54) is 43.6 Å². The third-order valence-electron chi connectivity index (χ3n) is 5.56. The van der Waals surface area contributed by atoms with E-state index in [0.717, 1.165) is 21.9 Å². The minimum atomic E-state index is -4.13. The van der Waals surface area contributed by atoms with Crippen LogP contribution in [-0.2, 0) is 23.1 Å². The Hall–Kier alpha value is -1.85. The average Bonchev–Trinajstić information content (AvgIpc) is 3.39. The van der Waals surface area contributed by atoms with E-state index in [2.05, 4.69) is 31.2 Å². The van der Waals surface area contributed by atoms with Gasteiger partial charge in [0.1, 0.15) is 5.88 Å². The zero-order valence-corrected chi connectivity index (χ0v) is 21.9. The molecule has 0 saturated carbocycles. The molecule has 6 nitrogen and oxygen atoms in total. The molecule has 1 aliphatic rings. The molecule has 2 aromatic heterocycles.